The lowest BCUT2D eigenvalue weighted by Crippen LogP contribution is -2.44. The van der Waals surface area contributed by atoms with Crippen LogP contribution in [0.5, 0.6) is 0 Å². The summed E-state index contributed by atoms with van der Waals surface area (Å²) in [5, 5.41) is 6.06. The van der Waals surface area contributed by atoms with E-state index in [4.69, 9.17) is 0 Å². The Bertz CT molecular complexity index is 1790. The Morgan fingerprint density at radius 2 is 0.907 bits per heavy atom. The lowest BCUT2D eigenvalue weighted by molar-refractivity contribution is -0.136. The van der Waals surface area contributed by atoms with Crippen LogP contribution >= 0.6 is 0 Å². The molecule has 2 fully saturated rings. The predicted molar refractivity (Wildman–Crippen MR) is 215 cm³/mol. The number of hydrogen-bond acceptors (Lipinski definition) is 6. The molecule has 2 N–H and O–H groups in total. The minimum Gasteiger partial charge on any atom is -0.329 e. The first kappa shape index (κ1) is 38.2. The molecule has 2 saturated heterocycles. The number of benzene rings is 4. The highest BCUT2D eigenvalue weighted by Crippen LogP contribution is 2.26. The van der Waals surface area contributed by atoms with Crippen LogP contribution in [0.15, 0.2) is 109 Å². The summed E-state index contributed by atoms with van der Waals surface area (Å²) < 4.78 is 0. The first-order chi connectivity index (χ1) is 26.0. The van der Waals surface area contributed by atoms with Crippen LogP contribution in [-0.4, -0.2) is 109 Å². The lowest BCUT2D eigenvalue weighted by Gasteiger charge is -2.24. The Morgan fingerprint density at radius 3 is 1.24 bits per heavy atom. The third-order valence-corrected chi connectivity index (χ3v) is 10.5. The standard InChI is InChI=1S/C44H50N6O4/c1-47(2)37-27-39(49(29-37)41(51)25-33-11-7-5-8-12-33)43(53)45-35-21-17-31(18-22-35)15-16-32-19-23-36(24-20-32)46-44(54)40-28-38(48(3)4)30-50(40)42(52)26-34-13-9-6-10-14-34/h5-24,37-40H,25-30H2,1-4H3,(H,45,53)(H,46,54)/t37-,38-,39-,40-/m0/s1. The minimum atomic E-state index is -0.546. The van der Waals surface area contributed by atoms with E-state index in [-0.39, 0.29) is 48.6 Å². The van der Waals surface area contributed by atoms with E-state index in [1.54, 1.807) is 9.80 Å². The first-order valence-electron chi connectivity index (χ1n) is 18.5. The van der Waals surface area contributed by atoms with Gasteiger partial charge in [0.25, 0.3) is 0 Å². The highest BCUT2D eigenvalue weighted by molar-refractivity contribution is 5.99. The summed E-state index contributed by atoms with van der Waals surface area (Å²) in [6.45, 7) is 1.03. The predicted octanol–water partition coefficient (Wildman–Crippen LogP) is 5.28. The molecule has 54 heavy (non-hydrogen) atoms. The molecule has 0 radical (unpaired) electrons. The van der Waals surface area contributed by atoms with E-state index in [1.807, 2.05) is 150 Å². The van der Waals surface area contributed by atoms with Gasteiger partial charge in [0, 0.05) is 36.5 Å². The Labute approximate surface area is 318 Å². The van der Waals surface area contributed by atoms with Gasteiger partial charge in [-0.1, -0.05) is 97.1 Å². The zero-order chi connectivity index (χ0) is 38.2. The van der Waals surface area contributed by atoms with E-state index >= 15 is 0 Å². The SMILES string of the molecule is CN(C)[C@H]1C[C@@H](C(=O)Nc2ccc(C=Cc3ccc(NC(=O)[C@@H]4C[C@H](N(C)C)CN4C(=O)Cc4ccccc4)cc3)cc2)N(C(=O)Cc2ccccc2)C1. The van der Waals surface area contributed by atoms with Crippen LogP contribution in [0.4, 0.5) is 11.4 Å². The third-order valence-electron chi connectivity index (χ3n) is 10.5. The number of rotatable bonds is 12. The van der Waals surface area contributed by atoms with Gasteiger partial charge in [-0.15, -0.1) is 0 Å². The highest BCUT2D eigenvalue weighted by atomic mass is 16.2. The van der Waals surface area contributed by atoms with Gasteiger partial charge in [-0.25, -0.2) is 0 Å². The molecule has 0 spiro atoms. The Hall–Kier alpha value is -5.58. The number of nitrogens with one attached hydrogen (secondary N) is 2. The first-order valence-corrected chi connectivity index (χ1v) is 18.5. The van der Waals surface area contributed by atoms with Crippen LogP contribution in [0.1, 0.15) is 35.1 Å². The molecule has 4 aromatic rings. The van der Waals surface area contributed by atoms with Crippen molar-refractivity contribution in [3.8, 4) is 0 Å². The van der Waals surface area contributed by atoms with Crippen molar-refractivity contribution in [2.75, 3.05) is 51.9 Å². The number of anilines is 2. The number of carbonyl (C=O) groups excluding carboxylic acids is 4. The van der Waals surface area contributed by atoms with Crippen LogP contribution < -0.4 is 10.6 Å². The molecule has 2 aliphatic heterocycles. The number of amides is 4. The topological polar surface area (TPSA) is 105 Å². The molecule has 280 valence electrons. The molecule has 0 unspecified atom stereocenters. The minimum absolute atomic E-state index is 0.0498. The summed E-state index contributed by atoms with van der Waals surface area (Å²) in [6.07, 6.45) is 5.64. The van der Waals surface area contributed by atoms with Crippen molar-refractivity contribution in [3.05, 3.63) is 131 Å². The van der Waals surface area contributed by atoms with Crippen LogP contribution in [0.2, 0.25) is 0 Å². The molecule has 0 aliphatic carbocycles. The molecule has 0 bridgehead atoms. The van der Waals surface area contributed by atoms with Crippen LogP contribution in [0.3, 0.4) is 0 Å². The number of carbonyl (C=O) groups is 4. The summed E-state index contributed by atoms with van der Waals surface area (Å²) in [5.41, 5.74) is 5.10. The van der Waals surface area contributed by atoms with E-state index in [0.717, 1.165) is 22.3 Å². The van der Waals surface area contributed by atoms with Crippen molar-refractivity contribution in [2.24, 2.45) is 0 Å². The van der Waals surface area contributed by atoms with Gasteiger partial charge >= 0.3 is 0 Å². The Kier molecular flexibility index (Phi) is 12.4. The van der Waals surface area contributed by atoms with Crippen LogP contribution in [0.25, 0.3) is 12.2 Å². The fourth-order valence-electron chi connectivity index (χ4n) is 7.17. The van der Waals surface area contributed by atoms with Crippen molar-refractivity contribution in [1.82, 2.24) is 19.6 Å². The maximum absolute atomic E-state index is 13.5. The van der Waals surface area contributed by atoms with Crippen molar-refractivity contribution < 1.29 is 19.2 Å². The van der Waals surface area contributed by atoms with Gasteiger partial charge in [0.2, 0.25) is 23.6 Å². The van der Waals surface area contributed by atoms with E-state index in [0.29, 0.717) is 37.3 Å². The maximum Gasteiger partial charge on any atom is 0.247 e. The smallest absolute Gasteiger partial charge is 0.247 e. The quantitative estimate of drug-likeness (QED) is 0.193. The van der Waals surface area contributed by atoms with E-state index < -0.39 is 12.1 Å². The maximum atomic E-state index is 13.5. The molecule has 2 aliphatic rings. The van der Waals surface area contributed by atoms with Crippen LogP contribution in [-0.2, 0) is 32.0 Å². The van der Waals surface area contributed by atoms with Gasteiger partial charge in [-0.05, 0) is 87.6 Å². The largest absolute Gasteiger partial charge is 0.329 e. The van der Waals surface area contributed by atoms with Crippen molar-refractivity contribution in [3.63, 3.8) is 0 Å². The molecule has 0 saturated carbocycles. The van der Waals surface area contributed by atoms with Gasteiger partial charge in [-0.3, -0.25) is 19.2 Å². The molecular formula is C44H50N6O4. The summed E-state index contributed by atoms with van der Waals surface area (Å²) in [4.78, 5) is 61.2. The van der Waals surface area contributed by atoms with Gasteiger partial charge in [0.15, 0.2) is 0 Å². The zero-order valence-corrected chi connectivity index (χ0v) is 31.5. The fourth-order valence-corrected chi connectivity index (χ4v) is 7.17. The number of likely N-dealkylation sites (N-methyl/N-ethyl adjacent to an activating group) is 2. The van der Waals surface area contributed by atoms with Crippen molar-refractivity contribution >= 4 is 47.2 Å². The Morgan fingerprint density at radius 1 is 0.556 bits per heavy atom. The third kappa shape index (κ3) is 9.69. The van der Waals surface area contributed by atoms with Crippen molar-refractivity contribution in [1.29, 1.82) is 0 Å². The van der Waals surface area contributed by atoms with E-state index in [2.05, 4.69) is 20.4 Å². The van der Waals surface area contributed by atoms with Gasteiger partial charge < -0.3 is 30.2 Å². The second kappa shape index (κ2) is 17.5. The number of nitrogens with zero attached hydrogens (tertiary/aromatic N) is 4. The second-order valence-electron chi connectivity index (χ2n) is 14.7. The van der Waals surface area contributed by atoms with Gasteiger partial charge in [0.1, 0.15) is 12.1 Å². The molecule has 0 aromatic heterocycles. The van der Waals surface area contributed by atoms with Gasteiger partial charge in [-0.2, -0.15) is 0 Å². The van der Waals surface area contributed by atoms with Crippen molar-refractivity contribution in [2.45, 2.75) is 49.9 Å². The fraction of sp³-hybridized carbons (Fsp3) is 0.318. The summed E-state index contributed by atoms with van der Waals surface area (Å²) in [5.74, 6) is -0.473. The molecule has 4 atom stereocenters. The summed E-state index contributed by atoms with van der Waals surface area (Å²) >= 11 is 0. The monoisotopic (exact) mass is 726 g/mol. The normalized spacial score (nSPS) is 19.8. The molecule has 4 amide bonds. The zero-order valence-electron chi connectivity index (χ0n) is 31.5. The molecular weight excluding hydrogens is 677 g/mol. The average Bonchev–Trinajstić information content (AvgIpc) is 3.83. The lowest BCUT2D eigenvalue weighted by atomic mass is 10.1. The molecule has 4 aromatic carbocycles. The number of likely N-dealkylation sites (tertiary alicyclic amines) is 2. The molecule has 6 rings (SSSR count). The summed E-state index contributed by atoms with van der Waals surface area (Å²) in [7, 11) is 7.91. The second-order valence-corrected chi connectivity index (χ2v) is 14.7. The number of hydrogen-bond donors (Lipinski definition) is 2. The van der Waals surface area contributed by atoms with Crippen LogP contribution in [0, 0.1) is 0 Å². The van der Waals surface area contributed by atoms with E-state index in [9.17, 15) is 19.2 Å². The highest BCUT2D eigenvalue weighted by Gasteiger charge is 2.41. The molecule has 2 heterocycles. The van der Waals surface area contributed by atoms with E-state index in [1.165, 1.54) is 0 Å². The van der Waals surface area contributed by atoms with Gasteiger partial charge in [0.05, 0.1) is 12.8 Å². The summed E-state index contributed by atoms with van der Waals surface area (Å²) in [6, 6.07) is 33.6. The average molecular weight is 727 g/mol. The molecule has 10 heteroatoms. The molecule has 10 nitrogen and oxygen atoms in total. The Balaban J connectivity index is 1.03.